The van der Waals surface area contributed by atoms with Crippen LogP contribution in [0.15, 0.2) is 0 Å². The molecule has 6 rings (SSSR count). The lowest BCUT2D eigenvalue weighted by molar-refractivity contribution is -0.168. The van der Waals surface area contributed by atoms with Crippen LogP contribution in [0.25, 0.3) is 0 Å². The van der Waals surface area contributed by atoms with E-state index in [1.54, 1.807) is 0 Å². The van der Waals surface area contributed by atoms with E-state index in [1.807, 2.05) is 13.8 Å². The second-order valence-corrected chi connectivity index (χ2v) is 13.1. The van der Waals surface area contributed by atoms with Gasteiger partial charge in [-0.05, 0) is 118 Å². The van der Waals surface area contributed by atoms with Crippen molar-refractivity contribution >= 4 is 11.9 Å². The van der Waals surface area contributed by atoms with Gasteiger partial charge in [-0.1, -0.05) is 13.3 Å². The van der Waals surface area contributed by atoms with E-state index in [0.717, 1.165) is 44.1 Å². The molecule has 11 atom stereocenters. The predicted molar refractivity (Wildman–Crippen MR) is 123 cm³/mol. The Kier molecular flexibility index (Phi) is 5.59. The molecule has 33 heavy (non-hydrogen) atoms. The average molecular weight is 459 g/mol. The third-order valence-electron chi connectivity index (χ3n) is 11.3. The van der Waals surface area contributed by atoms with Crippen molar-refractivity contribution in [2.45, 2.75) is 84.7 Å². The summed E-state index contributed by atoms with van der Waals surface area (Å²) < 4.78 is 17.5. The predicted octanol–water partition coefficient (Wildman–Crippen LogP) is 5.22. The molecule has 0 heterocycles. The standard InChI is InChI=1S/C28H42O5/c1-4-28(2,3)27(30)33-23-12-18-11-22(23)25-17-9-20(24(18)25)21(10-17)26(29)32-14-31-13-19-8-15-5-6-16(19)7-15/h15-25H,4-14H2,1-3H3. The van der Waals surface area contributed by atoms with E-state index in [-0.39, 0.29) is 30.8 Å². The molecule has 6 saturated carbocycles. The van der Waals surface area contributed by atoms with Gasteiger partial charge in [0.25, 0.3) is 0 Å². The molecule has 0 radical (unpaired) electrons. The summed E-state index contributed by atoms with van der Waals surface area (Å²) in [4.78, 5) is 25.6. The molecular formula is C28H42O5. The Morgan fingerprint density at radius 2 is 1.64 bits per heavy atom. The topological polar surface area (TPSA) is 61.8 Å². The largest absolute Gasteiger partial charge is 0.462 e. The molecule has 0 aromatic rings. The van der Waals surface area contributed by atoms with Crippen molar-refractivity contribution in [1.29, 1.82) is 0 Å². The van der Waals surface area contributed by atoms with Crippen LogP contribution in [0.5, 0.6) is 0 Å². The van der Waals surface area contributed by atoms with Crippen molar-refractivity contribution in [2.75, 3.05) is 13.4 Å². The zero-order valence-electron chi connectivity index (χ0n) is 20.7. The van der Waals surface area contributed by atoms with E-state index in [2.05, 4.69) is 6.92 Å². The first-order chi connectivity index (χ1) is 15.9. The van der Waals surface area contributed by atoms with E-state index in [1.165, 1.54) is 32.1 Å². The minimum Gasteiger partial charge on any atom is -0.462 e. The summed E-state index contributed by atoms with van der Waals surface area (Å²) in [5, 5.41) is 0. The molecule has 6 aliphatic carbocycles. The van der Waals surface area contributed by atoms with Crippen molar-refractivity contribution in [3.63, 3.8) is 0 Å². The monoisotopic (exact) mass is 458 g/mol. The Balaban J connectivity index is 0.992. The van der Waals surface area contributed by atoms with Gasteiger partial charge in [0.1, 0.15) is 6.10 Å². The molecule has 0 aliphatic heterocycles. The average Bonchev–Trinajstić information content (AvgIpc) is 3.62. The van der Waals surface area contributed by atoms with Gasteiger partial charge in [0.15, 0.2) is 6.79 Å². The van der Waals surface area contributed by atoms with Crippen LogP contribution < -0.4 is 0 Å². The zero-order chi connectivity index (χ0) is 22.9. The maximum atomic E-state index is 12.9. The van der Waals surface area contributed by atoms with Crippen molar-refractivity contribution in [1.82, 2.24) is 0 Å². The number of esters is 2. The summed E-state index contributed by atoms with van der Waals surface area (Å²) in [5.74, 6) is 5.93. The van der Waals surface area contributed by atoms with E-state index in [4.69, 9.17) is 14.2 Å². The molecule has 184 valence electrons. The molecule has 6 fully saturated rings. The molecule has 0 spiro atoms. The summed E-state index contributed by atoms with van der Waals surface area (Å²) in [6.45, 7) is 6.92. The van der Waals surface area contributed by atoms with Crippen LogP contribution in [-0.4, -0.2) is 31.4 Å². The number of carbonyl (C=O) groups is 2. The SMILES string of the molecule is CCC(C)(C)C(=O)OC1CC2CC1C1C3CC(C(=O)OCOCC4CC5CCC4C5)C(C3)C21. The fourth-order valence-corrected chi connectivity index (χ4v) is 9.37. The fraction of sp³-hybridized carbons (Fsp3) is 0.929. The Labute approximate surface area is 198 Å². The number of ether oxygens (including phenoxy) is 3. The molecule has 5 heteroatoms. The molecule has 11 unspecified atom stereocenters. The number of hydrogen-bond donors (Lipinski definition) is 0. The van der Waals surface area contributed by atoms with Gasteiger partial charge in [-0.25, -0.2) is 0 Å². The second kappa shape index (κ2) is 8.24. The summed E-state index contributed by atoms with van der Waals surface area (Å²) in [7, 11) is 0. The summed E-state index contributed by atoms with van der Waals surface area (Å²) >= 11 is 0. The maximum absolute atomic E-state index is 12.9. The van der Waals surface area contributed by atoms with Crippen molar-refractivity contribution in [2.24, 2.45) is 64.6 Å². The van der Waals surface area contributed by atoms with Crippen molar-refractivity contribution in [3.8, 4) is 0 Å². The van der Waals surface area contributed by atoms with Crippen LogP contribution in [0.1, 0.15) is 78.6 Å². The van der Waals surface area contributed by atoms with E-state index < -0.39 is 5.41 Å². The van der Waals surface area contributed by atoms with Gasteiger partial charge in [0.05, 0.1) is 17.9 Å². The van der Waals surface area contributed by atoms with Gasteiger partial charge in [0.2, 0.25) is 0 Å². The lowest BCUT2D eigenvalue weighted by Crippen LogP contribution is -2.42. The molecule has 0 aromatic carbocycles. The normalized spacial score (nSPS) is 46.7. The highest BCUT2D eigenvalue weighted by atomic mass is 16.7. The van der Waals surface area contributed by atoms with Gasteiger partial charge in [-0.3, -0.25) is 9.59 Å². The van der Waals surface area contributed by atoms with E-state index in [0.29, 0.717) is 41.4 Å². The molecule has 0 saturated heterocycles. The van der Waals surface area contributed by atoms with E-state index in [9.17, 15) is 9.59 Å². The Bertz CT molecular complexity index is 791. The summed E-state index contributed by atoms with van der Waals surface area (Å²) in [6.07, 6.45) is 10.7. The van der Waals surface area contributed by atoms with Gasteiger partial charge < -0.3 is 14.2 Å². The first kappa shape index (κ1) is 22.4. The van der Waals surface area contributed by atoms with Crippen LogP contribution in [0.4, 0.5) is 0 Å². The Hall–Kier alpha value is -1.10. The minimum atomic E-state index is -0.399. The van der Waals surface area contributed by atoms with Crippen molar-refractivity contribution in [3.05, 3.63) is 0 Å². The van der Waals surface area contributed by atoms with Crippen LogP contribution >= 0.6 is 0 Å². The zero-order valence-corrected chi connectivity index (χ0v) is 20.7. The van der Waals surface area contributed by atoms with Crippen LogP contribution in [0.3, 0.4) is 0 Å². The third kappa shape index (κ3) is 3.67. The second-order valence-electron chi connectivity index (χ2n) is 13.1. The number of fused-ring (bicyclic) bond motifs is 11. The molecule has 6 bridgehead atoms. The summed E-state index contributed by atoms with van der Waals surface area (Å²) in [5.41, 5.74) is -0.399. The minimum absolute atomic E-state index is 0.0238. The Morgan fingerprint density at radius 1 is 0.879 bits per heavy atom. The first-order valence-corrected chi connectivity index (χ1v) is 13.8. The van der Waals surface area contributed by atoms with Gasteiger partial charge >= 0.3 is 11.9 Å². The van der Waals surface area contributed by atoms with E-state index >= 15 is 0 Å². The highest BCUT2D eigenvalue weighted by Crippen LogP contribution is 2.69. The maximum Gasteiger partial charge on any atom is 0.311 e. The van der Waals surface area contributed by atoms with Gasteiger partial charge in [0, 0.05) is 0 Å². The number of hydrogen-bond acceptors (Lipinski definition) is 5. The quantitative estimate of drug-likeness (QED) is 0.216. The molecule has 0 N–H and O–H groups in total. The molecular weight excluding hydrogens is 416 g/mol. The van der Waals surface area contributed by atoms with Crippen LogP contribution in [-0.2, 0) is 23.8 Å². The van der Waals surface area contributed by atoms with Gasteiger partial charge in [-0.2, -0.15) is 0 Å². The number of rotatable bonds is 8. The highest BCUT2D eigenvalue weighted by Gasteiger charge is 2.66. The van der Waals surface area contributed by atoms with Crippen molar-refractivity contribution < 1.29 is 23.8 Å². The molecule has 0 aromatic heterocycles. The van der Waals surface area contributed by atoms with Crippen LogP contribution in [0.2, 0.25) is 0 Å². The molecule has 0 amide bonds. The lowest BCUT2D eigenvalue weighted by Gasteiger charge is -2.41. The molecule has 5 nitrogen and oxygen atoms in total. The smallest absolute Gasteiger partial charge is 0.311 e. The third-order valence-corrected chi connectivity index (χ3v) is 11.3. The Morgan fingerprint density at radius 3 is 2.36 bits per heavy atom. The fourth-order valence-electron chi connectivity index (χ4n) is 9.37. The number of carbonyl (C=O) groups excluding carboxylic acids is 2. The first-order valence-electron chi connectivity index (χ1n) is 13.8. The molecule has 6 aliphatic rings. The lowest BCUT2D eigenvalue weighted by atomic mass is 9.67. The highest BCUT2D eigenvalue weighted by molar-refractivity contribution is 5.76. The van der Waals surface area contributed by atoms with Gasteiger partial charge in [-0.15, -0.1) is 0 Å². The summed E-state index contributed by atoms with van der Waals surface area (Å²) in [6, 6.07) is 0. The van der Waals surface area contributed by atoms with Crippen LogP contribution in [0, 0.1) is 64.6 Å².